The summed E-state index contributed by atoms with van der Waals surface area (Å²) in [7, 11) is 0. The van der Waals surface area contributed by atoms with Crippen molar-refractivity contribution in [2.45, 2.75) is 17.7 Å². The molecule has 1 aromatic heterocycles. The van der Waals surface area contributed by atoms with Crippen LogP contribution in [0.5, 0.6) is 0 Å². The summed E-state index contributed by atoms with van der Waals surface area (Å²) >= 11 is 13.1. The van der Waals surface area contributed by atoms with Crippen LogP contribution in [0, 0.1) is 6.92 Å². The molecule has 1 rings (SSSR count). The van der Waals surface area contributed by atoms with Crippen molar-refractivity contribution in [3.8, 4) is 0 Å². The summed E-state index contributed by atoms with van der Waals surface area (Å²) < 4.78 is 0. The monoisotopic (exact) mass is 235 g/mol. The quantitative estimate of drug-likeness (QED) is 0.586. The van der Waals surface area contributed by atoms with Crippen LogP contribution in [0.15, 0.2) is 17.2 Å². The van der Waals surface area contributed by atoms with Gasteiger partial charge in [0, 0.05) is 22.7 Å². The van der Waals surface area contributed by atoms with E-state index in [1.165, 1.54) is 10.5 Å². The molecule has 4 heteroatoms. The van der Waals surface area contributed by atoms with Crippen LogP contribution < -0.4 is 0 Å². The molecule has 0 aliphatic carbocycles. The van der Waals surface area contributed by atoms with Crippen molar-refractivity contribution in [3.63, 3.8) is 0 Å². The number of halogens is 2. The molecule has 0 aliphatic rings. The van der Waals surface area contributed by atoms with Crippen LogP contribution in [0.3, 0.4) is 0 Å². The van der Waals surface area contributed by atoms with E-state index in [-0.39, 0.29) is 0 Å². The maximum absolute atomic E-state index is 5.74. The highest BCUT2D eigenvalue weighted by molar-refractivity contribution is 7.99. The number of pyridine rings is 1. The second-order valence-electron chi connectivity index (χ2n) is 2.55. The Kier molecular flexibility index (Phi) is 4.92. The average molecular weight is 236 g/mol. The first-order valence-corrected chi connectivity index (χ1v) is 6.04. The lowest BCUT2D eigenvalue weighted by Crippen LogP contribution is -1.93. The Balaban J connectivity index is 2.81. The average Bonchev–Trinajstić information content (AvgIpc) is 2.16. The second-order valence-corrected chi connectivity index (χ2v) is 4.33. The predicted octanol–water partition coefficient (Wildman–Crippen LogP) is 3.46. The molecule has 0 saturated carbocycles. The fraction of sp³-hybridized carbons (Fsp3) is 0.444. The van der Waals surface area contributed by atoms with Crippen LogP contribution in [0.1, 0.15) is 11.3 Å². The third-order valence-corrected chi connectivity index (χ3v) is 3.55. The summed E-state index contributed by atoms with van der Waals surface area (Å²) in [5.41, 5.74) is 2.13. The molecule has 0 spiro atoms. The number of aromatic nitrogens is 1. The number of hydrogen-bond acceptors (Lipinski definition) is 2. The first kappa shape index (κ1) is 11.2. The maximum atomic E-state index is 5.74. The lowest BCUT2D eigenvalue weighted by atomic mass is 10.2. The largest absolute Gasteiger partial charge is 0.260 e. The lowest BCUT2D eigenvalue weighted by molar-refractivity contribution is 1.07. The molecule has 1 heterocycles. The van der Waals surface area contributed by atoms with E-state index in [1.807, 2.05) is 13.0 Å². The van der Waals surface area contributed by atoms with E-state index < -0.39 is 0 Å². The van der Waals surface area contributed by atoms with Crippen molar-refractivity contribution in [2.24, 2.45) is 0 Å². The van der Waals surface area contributed by atoms with Crippen molar-refractivity contribution >= 4 is 35.0 Å². The Morgan fingerprint density at radius 3 is 2.85 bits per heavy atom. The molecule has 0 amide bonds. The van der Waals surface area contributed by atoms with Gasteiger partial charge in [0.2, 0.25) is 0 Å². The minimum atomic E-state index is 0.473. The Morgan fingerprint density at radius 1 is 1.46 bits per heavy atom. The molecular formula is C9H11Cl2NS. The van der Waals surface area contributed by atoms with Gasteiger partial charge in [0.15, 0.2) is 0 Å². The minimum absolute atomic E-state index is 0.473. The van der Waals surface area contributed by atoms with Crippen molar-refractivity contribution in [3.05, 3.63) is 23.5 Å². The Bertz CT molecular complexity index is 278. The molecule has 1 nitrogen and oxygen atoms in total. The van der Waals surface area contributed by atoms with Gasteiger partial charge in [-0.15, -0.1) is 35.0 Å². The van der Waals surface area contributed by atoms with Crippen molar-refractivity contribution < 1.29 is 0 Å². The standard InChI is InChI=1S/C9H11Cl2NS/c1-7-8(6-11)12-4-2-9(7)13-5-3-10/h2,4H,3,5-6H2,1H3. The van der Waals surface area contributed by atoms with Gasteiger partial charge >= 0.3 is 0 Å². The van der Waals surface area contributed by atoms with E-state index in [1.54, 1.807) is 18.0 Å². The van der Waals surface area contributed by atoms with Gasteiger partial charge in [-0.3, -0.25) is 4.98 Å². The van der Waals surface area contributed by atoms with E-state index in [0.717, 1.165) is 11.4 Å². The van der Waals surface area contributed by atoms with Crippen molar-refractivity contribution in [2.75, 3.05) is 11.6 Å². The predicted molar refractivity (Wildman–Crippen MR) is 60.0 cm³/mol. The topological polar surface area (TPSA) is 12.9 Å². The van der Waals surface area contributed by atoms with E-state index in [4.69, 9.17) is 23.2 Å². The number of alkyl halides is 2. The van der Waals surface area contributed by atoms with Gasteiger partial charge < -0.3 is 0 Å². The molecule has 1 aromatic rings. The molecular weight excluding hydrogens is 225 g/mol. The third kappa shape index (κ3) is 3.04. The Hall–Kier alpha value is 0.0800. The van der Waals surface area contributed by atoms with Crippen LogP contribution in [0.2, 0.25) is 0 Å². The van der Waals surface area contributed by atoms with Crippen LogP contribution in [-0.2, 0) is 5.88 Å². The first-order valence-electron chi connectivity index (χ1n) is 3.98. The SMILES string of the molecule is Cc1c(SCCCl)ccnc1CCl. The molecule has 0 atom stereocenters. The number of hydrogen-bond donors (Lipinski definition) is 0. The fourth-order valence-electron chi connectivity index (χ4n) is 0.999. The Labute approximate surface area is 92.8 Å². The highest BCUT2D eigenvalue weighted by atomic mass is 35.5. The normalized spacial score (nSPS) is 10.4. The minimum Gasteiger partial charge on any atom is -0.260 e. The molecule has 0 aliphatic heterocycles. The lowest BCUT2D eigenvalue weighted by Gasteiger charge is -2.06. The number of rotatable bonds is 4. The fourth-order valence-corrected chi connectivity index (χ4v) is 2.29. The van der Waals surface area contributed by atoms with Gasteiger partial charge in [0.25, 0.3) is 0 Å². The number of nitrogens with zero attached hydrogens (tertiary/aromatic N) is 1. The zero-order chi connectivity index (χ0) is 9.68. The first-order chi connectivity index (χ1) is 6.29. The maximum Gasteiger partial charge on any atom is 0.0650 e. The van der Waals surface area contributed by atoms with Crippen LogP contribution in [0.25, 0.3) is 0 Å². The second kappa shape index (κ2) is 5.74. The van der Waals surface area contributed by atoms with Gasteiger partial charge in [-0.1, -0.05) is 0 Å². The van der Waals surface area contributed by atoms with E-state index >= 15 is 0 Å². The zero-order valence-electron chi connectivity index (χ0n) is 7.39. The summed E-state index contributed by atoms with van der Waals surface area (Å²) in [6.07, 6.45) is 1.79. The van der Waals surface area contributed by atoms with Gasteiger partial charge in [0.1, 0.15) is 0 Å². The van der Waals surface area contributed by atoms with Gasteiger partial charge in [-0.2, -0.15) is 0 Å². The molecule has 13 heavy (non-hydrogen) atoms. The summed E-state index contributed by atoms with van der Waals surface area (Å²) in [5, 5.41) is 0. The summed E-state index contributed by atoms with van der Waals surface area (Å²) in [6, 6.07) is 2.00. The molecule has 0 fully saturated rings. The number of thioether (sulfide) groups is 1. The van der Waals surface area contributed by atoms with Crippen LogP contribution in [-0.4, -0.2) is 16.6 Å². The smallest absolute Gasteiger partial charge is 0.0650 e. The van der Waals surface area contributed by atoms with Crippen LogP contribution >= 0.6 is 35.0 Å². The van der Waals surface area contributed by atoms with Gasteiger partial charge in [-0.05, 0) is 18.6 Å². The van der Waals surface area contributed by atoms with Crippen LogP contribution in [0.4, 0.5) is 0 Å². The molecule has 72 valence electrons. The van der Waals surface area contributed by atoms with E-state index in [2.05, 4.69) is 4.98 Å². The van der Waals surface area contributed by atoms with Crippen molar-refractivity contribution in [1.29, 1.82) is 0 Å². The van der Waals surface area contributed by atoms with Gasteiger partial charge in [0.05, 0.1) is 11.6 Å². The molecule has 0 radical (unpaired) electrons. The zero-order valence-corrected chi connectivity index (χ0v) is 9.72. The highest BCUT2D eigenvalue weighted by Crippen LogP contribution is 2.24. The Morgan fingerprint density at radius 2 is 2.23 bits per heavy atom. The molecule has 0 unspecified atom stereocenters. The molecule has 0 aromatic carbocycles. The highest BCUT2D eigenvalue weighted by Gasteiger charge is 2.03. The van der Waals surface area contributed by atoms with Crippen molar-refractivity contribution in [1.82, 2.24) is 4.98 Å². The third-order valence-electron chi connectivity index (χ3n) is 1.72. The van der Waals surface area contributed by atoms with E-state index in [9.17, 15) is 0 Å². The molecule has 0 N–H and O–H groups in total. The molecule has 0 bridgehead atoms. The summed E-state index contributed by atoms with van der Waals surface area (Å²) in [4.78, 5) is 5.42. The van der Waals surface area contributed by atoms with Gasteiger partial charge in [-0.25, -0.2) is 0 Å². The summed E-state index contributed by atoms with van der Waals surface area (Å²) in [6.45, 7) is 2.04. The summed E-state index contributed by atoms with van der Waals surface area (Å²) in [5.74, 6) is 2.07. The molecule has 0 saturated heterocycles. The van der Waals surface area contributed by atoms with E-state index in [0.29, 0.717) is 11.8 Å².